The molecule has 1 saturated heterocycles. The van der Waals surface area contributed by atoms with Crippen molar-refractivity contribution in [3.05, 3.63) is 63.3 Å². The Labute approximate surface area is 158 Å². The van der Waals surface area contributed by atoms with Gasteiger partial charge in [-0.3, -0.25) is 9.59 Å². The Morgan fingerprint density at radius 3 is 2.84 bits per heavy atom. The third-order valence-electron chi connectivity index (χ3n) is 4.07. The summed E-state index contributed by atoms with van der Waals surface area (Å²) in [5.74, 6) is -1.34. The van der Waals surface area contributed by atoms with Gasteiger partial charge in [0.25, 0.3) is 0 Å². The van der Waals surface area contributed by atoms with Crippen LogP contribution in [-0.2, 0) is 16.1 Å². The number of nitrogens with zero attached hydrogens (tertiary/aromatic N) is 1. The van der Waals surface area contributed by atoms with Crippen LogP contribution in [0.3, 0.4) is 0 Å². The van der Waals surface area contributed by atoms with E-state index in [-0.39, 0.29) is 29.8 Å². The van der Waals surface area contributed by atoms with Gasteiger partial charge in [-0.15, -0.1) is 0 Å². The molecule has 25 heavy (non-hydrogen) atoms. The zero-order valence-electron chi connectivity index (χ0n) is 13.1. The van der Waals surface area contributed by atoms with Gasteiger partial charge in [0.05, 0.1) is 10.9 Å². The molecule has 1 heterocycles. The lowest BCUT2D eigenvalue weighted by atomic mass is 10.1. The molecule has 130 valence electrons. The number of hydrogen-bond donors (Lipinski definition) is 1. The normalized spacial score (nSPS) is 17.0. The van der Waals surface area contributed by atoms with Crippen molar-refractivity contribution >= 4 is 45.0 Å². The van der Waals surface area contributed by atoms with Gasteiger partial charge < -0.3 is 10.2 Å². The molecule has 0 saturated carbocycles. The van der Waals surface area contributed by atoms with Gasteiger partial charge in [0.2, 0.25) is 11.8 Å². The largest absolute Gasteiger partial charge is 0.352 e. The second kappa shape index (κ2) is 7.54. The van der Waals surface area contributed by atoms with Crippen LogP contribution in [0, 0.1) is 11.7 Å². The van der Waals surface area contributed by atoms with Crippen LogP contribution >= 0.6 is 27.5 Å². The van der Waals surface area contributed by atoms with Gasteiger partial charge in [-0.25, -0.2) is 4.39 Å². The maximum Gasteiger partial charge on any atom is 0.227 e. The molecule has 0 radical (unpaired) electrons. The molecule has 2 amide bonds. The number of anilines is 1. The van der Waals surface area contributed by atoms with Crippen molar-refractivity contribution in [2.75, 3.05) is 11.4 Å². The fourth-order valence-corrected chi connectivity index (χ4v) is 3.39. The van der Waals surface area contributed by atoms with Crippen molar-refractivity contribution < 1.29 is 14.0 Å². The summed E-state index contributed by atoms with van der Waals surface area (Å²) >= 11 is 9.16. The molecule has 1 fully saturated rings. The van der Waals surface area contributed by atoms with Crippen molar-refractivity contribution in [1.82, 2.24) is 5.32 Å². The van der Waals surface area contributed by atoms with E-state index in [1.807, 2.05) is 24.3 Å². The van der Waals surface area contributed by atoms with Crippen molar-refractivity contribution in [1.29, 1.82) is 0 Å². The summed E-state index contributed by atoms with van der Waals surface area (Å²) in [6, 6.07) is 11.7. The van der Waals surface area contributed by atoms with E-state index in [0.29, 0.717) is 12.2 Å². The minimum atomic E-state index is -0.541. The van der Waals surface area contributed by atoms with Crippen molar-refractivity contribution in [3.8, 4) is 0 Å². The Morgan fingerprint density at radius 2 is 2.12 bits per heavy atom. The molecule has 0 spiro atoms. The molecule has 2 aromatic rings. The monoisotopic (exact) mass is 424 g/mol. The fraction of sp³-hybridized carbons (Fsp3) is 0.222. The topological polar surface area (TPSA) is 49.4 Å². The second-order valence-electron chi connectivity index (χ2n) is 5.85. The smallest absolute Gasteiger partial charge is 0.227 e. The Balaban J connectivity index is 1.63. The van der Waals surface area contributed by atoms with E-state index in [1.165, 1.54) is 23.1 Å². The molecule has 1 atom stereocenters. The molecule has 1 aliphatic rings. The lowest BCUT2D eigenvalue weighted by Gasteiger charge is -2.17. The highest BCUT2D eigenvalue weighted by Gasteiger charge is 2.35. The molecular weight excluding hydrogens is 411 g/mol. The number of benzene rings is 2. The number of rotatable bonds is 4. The predicted octanol–water partition coefficient (Wildman–Crippen LogP) is 3.91. The van der Waals surface area contributed by atoms with Crippen molar-refractivity contribution in [2.24, 2.45) is 5.92 Å². The van der Waals surface area contributed by atoms with E-state index in [0.717, 1.165) is 10.0 Å². The molecule has 4 nitrogen and oxygen atoms in total. The van der Waals surface area contributed by atoms with Crippen molar-refractivity contribution in [2.45, 2.75) is 13.0 Å². The maximum absolute atomic E-state index is 13.3. The molecular formula is C18H15BrClFN2O2. The van der Waals surface area contributed by atoms with Crippen LogP contribution in [0.5, 0.6) is 0 Å². The maximum atomic E-state index is 13.3. The first kappa shape index (κ1) is 17.9. The van der Waals surface area contributed by atoms with Crippen LogP contribution in [0.2, 0.25) is 5.02 Å². The first-order valence-corrected chi connectivity index (χ1v) is 8.88. The lowest BCUT2D eigenvalue weighted by Crippen LogP contribution is -2.32. The fourth-order valence-electron chi connectivity index (χ4n) is 2.77. The quantitative estimate of drug-likeness (QED) is 0.807. The van der Waals surface area contributed by atoms with E-state index in [9.17, 15) is 14.0 Å². The number of carbonyl (C=O) groups excluding carboxylic acids is 2. The standard InChI is InChI=1S/C18H15BrClFN2O2/c19-13-3-1-2-11(6-13)9-22-18(25)12-7-17(24)23(10-12)14-4-5-16(21)15(20)8-14/h1-6,8,12H,7,9-10H2,(H,22,25)/t12-/m1/s1. The van der Waals surface area contributed by atoms with Gasteiger partial charge in [0, 0.05) is 29.7 Å². The Bertz CT molecular complexity index is 830. The molecule has 7 heteroatoms. The Kier molecular flexibility index (Phi) is 5.39. The van der Waals surface area contributed by atoms with Crippen LogP contribution in [0.25, 0.3) is 0 Å². The highest BCUT2D eigenvalue weighted by molar-refractivity contribution is 9.10. The van der Waals surface area contributed by atoms with Crippen LogP contribution in [0.15, 0.2) is 46.9 Å². The van der Waals surface area contributed by atoms with Gasteiger partial charge in [0.1, 0.15) is 5.82 Å². The average molecular weight is 426 g/mol. The van der Waals surface area contributed by atoms with Gasteiger partial charge in [-0.2, -0.15) is 0 Å². The van der Waals surface area contributed by atoms with E-state index in [1.54, 1.807) is 0 Å². The number of hydrogen-bond acceptors (Lipinski definition) is 2. The van der Waals surface area contributed by atoms with Gasteiger partial charge in [-0.1, -0.05) is 39.7 Å². The van der Waals surface area contributed by atoms with Crippen LogP contribution in [0.1, 0.15) is 12.0 Å². The van der Waals surface area contributed by atoms with Crippen LogP contribution in [0.4, 0.5) is 10.1 Å². The third-order valence-corrected chi connectivity index (χ3v) is 4.85. The zero-order chi connectivity index (χ0) is 18.0. The van der Waals surface area contributed by atoms with Crippen LogP contribution in [-0.4, -0.2) is 18.4 Å². The van der Waals surface area contributed by atoms with Gasteiger partial charge in [0.15, 0.2) is 0 Å². The Hall–Kier alpha value is -1.92. The molecule has 0 bridgehead atoms. The first-order valence-electron chi connectivity index (χ1n) is 7.71. The SMILES string of the molecule is O=C(NCc1cccc(Br)c1)[C@@H]1CC(=O)N(c2ccc(F)c(Cl)c2)C1. The molecule has 1 aliphatic heterocycles. The molecule has 0 aliphatic carbocycles. The van der Waals surface area contributed by atoms with Crippen LogP contribution < -0.4 is 10.2 Å². The van der Waals surface area contributed by atoms with Gasteiger partial charge >= 0.3 is 0 Å². The second-order valence-corrected chi connectivity index (χ2v) is 7.17. The van der Waals surface area contributed by atoms with E-state index >= 15 is 0 Å². The average Bonchev–Trinajstić information content (AvgIpc) is 2.97. The minimum absolute atomic E-state index is 0.0483. The summed E-state index contributed by atoms with van der Waals surface area (Å²) in [5.41, 5.74) is 1.47. The predicted molar refractivity (Wildman–Crippen MR) is 97.9 cm³/mol. The first-order chi connectivity index (χ1) is 11.9. The van der Waals surface area contributed by atoms with E-state index in [4.69, 9.17) is 11.6 Å². The summed E-state index contributed by atoms with van der Waals surface area (Å²) < 4.78 is 14.2. The number of carbonyl (C=O) groups is 2. The number of amides is 2. The summed E-state index contributed by atoms with van der Waals surface area (Å²) in [6.07, 6.45) is 0.124. The third kappa shape index (κ3) is 4.19. The highest BCUT2D eigenvalue weighted by Crippen LogP contribution is 2.28. The number of nitrogens with one attached hydrogen (secondary N) is 1. The van der Waals surface area contributed by atoms with E-state index < -0.39 is 11.7 Å². The minimum Gasteiger partial charge on any atom is -0.352 e. The molecule has 3 rings (SSSR count). The highest BCUT2D eigenvalue weighted by atomic mass is 79.9. The lowest BCUT2D eigenvalue weighted by molar-refractivity contribution is -0.126. The summed E-state index contributed by atoms with van der Waals surface area (Å²) in [5, 5.41) is 2.81. The summed E-state index contributed by atoms with van der Waals surface area (Å²) in [4.78, 5) is 26.0. The van der Waals surface area contributed by atoms with Gasteiger partial charge in [-0.05, 0) is 35.9 Å². The zero-order valence-corrected chi connectivity index (χ0v) is 15.5. The molecule has 1 N–H and O–H groups in total. The molecule has 0 aromatic heterocycles. The van der Waals surface area contributed by atoms with E-state index in [2.05, 4.69) is 21.2 Å². The summed E-state index contributed by atoms with van der Waals surface area (Å²) in [6.45, 7) is 0.649. The summed E-state index contributed by atoms with van der Waals surface area (Å²) in [7, 11) is 0. The number of halogens is 3. The van der Waals surface area contributed by atoms with Crippen molar-refractivity contribution in [3.63, 3.8) is 0 Å². The molecule has 2 aromatic carbocycles. The Morgan fingerprint density at radius 1 is 1.32 bits per heavy atom. The molecule has 0 unspecified atom stereocenters.